The molecule has 2 heterocycles. The van der Waals surface area contributed by atoms with Crippen molar-refractivity contribution in [1.29, 1.82) is 0 Å². The molecule has 2 unspecified atom stereocenters. The Labute approximate surface area is 408 Å². The summed E-state index contributed by atoms with van der Waals surface area (Å²) < 4.78 is 33.7. The molecule has 3 aliphatic rings. The van der Waals surface area contributed by atoms with E-state index in [1.807, 2.05) is 0 Å². The van der Waals surface area contributed by atoms with Gasteiger partial charge < -0.3 is 58.1 Å². The van der Waals surface area contributed by atoms with Gasteiger partial charge in [0.15, 0.2) is 16.9 Å². The Morgan fingerprint density at radius 1 is 0.914 bits per heavy atom. The summed E-state index contributed by atoms with van der Waals surface area (Å²) in [7, 11) is -4.06. The molecule has 3 amide bonds. The molecule has 3 aromatic rings. The van der Waals surface area contributed by atoms with Crippen LogP contribution in [-0.4, -0.2) is 119 Å². The van der Waals surface area contributed by atoms with Crippen molar-refractivity contribution in [3.05, 3.63) is 107 Å². The number of fused-ring (bicyclic) bond motifs is 2. The van der Waals surface area contributed by atoms with Crippen LogP contribution in [0.4, 0.5) is 5.69 Å². The van der Waals surface area contributed by atoms with Crippen LogP contribution < -0.4 is 42.8 Å². The maximum absolute atomic E-state index is 13.6. The van der Waals surface area contributed by atoms with E-state index in [2.05, 4.69) is 31.6 Å². The van der Waals surface area contributed by atoms with E-state index >= 15 is 0 Å². The third-order valence-corrected chi connectivity index (χ3v) is 14.0. The number of allylic oxidation sites excluding steroid dienone is 3. The van der Waals surface area contributed by atoms with E-state index in [4.69, 9.17) is 28.4 Å². The molecule has 70 heavy (non-hydrogen) atoms. The number of carboxylic acids is 2. The molecule has 6 rings (SSSR count). The average Bonchev–Trinajstić information content (AvgIpc) is 3.83. The number of amides is 3. The first kappa shape index (κ1) is 52.0. The highest BCUT2D eigenvalue weighted by Gasteiger charge is 2.41. The molecule has 3 aromatic carbocycles. The molecular formula is C47H55N9O12S2. The molecule has 0 radical (unpaired) electrons. The van der Waals surface area contributed by atoms with E-state index in [0.717, 1.165) is 4.31 Å². The summed E-state index contributed by atoms with van der Waals surface area (Å²) in [5, 5.41) is 44.3. The van der Waals surface area contributed by atoms with E-state index < -0.39 is 76.2 Å². The number of aliphatic carboxylic acids is 1. The largest absolute Gasteiger partial charge is 0.508 e. The number of guanidine groups is 1. The highest BCUT2D eigenvalue weighted by molar-refractivity contribution is 7.89. The lowest BCUT2D eigenvalue weighted by atomic mass is 9.74. The number of aromatic hydroxyl groups is 1. The van der Waals surface area contributed by atoms with Gasteiger partial charge in [0.25, 0.3) is 0 Å². The molecular weight excluding hydrogens is 947 g/mol. The van der Waals surface area contributed by atoms with Crippen LogP contribution >= 0.6 is 12.2 Å². The summed E-state index contributed by atoms with van der Waals surface area (Å²) >= 11 is 5.51. The zero-order chi connectivity index (χ0) is 50.5. The standard InChI is InChI=1S/C47H55N9O12S2/c48-46(49)50-20-7-5-13-40(59)54-35(42(60)52-26-36(45(64)65)55-43(61)37-12-8-22-56(37)70(66,67)30-9-2-1-3-10-30)11-4-6-21-51-47(69)53-27-14-17-31(34(23-27)44(62)63)41-32-18-15-28(57)24-38(32)68-39-25-29(58)16-19-33(39)41/h1-3,9-10,14-19,23-25,32,35-37,41,58H,4-8,11-13,20-22,26H2,(H,52,60)(H,54,59)(H,55,61)(H,62,63)(H,64,65)(H4,48,49,50)(H2,51,53,69)/t32?,35-,36-,37-,41?/m0/s1. The van der Waals surface area contributed by atoms with Gasteiger partial charge in [-0.05, 0) is 99.1 Å². The van der Waals surface area contributed by atoms with Gasteiger partial charge in [-0.1, -0.05) is 36.4 Å². The predicted molar refractivity (Wildman–Crippen MR) is 260 cm³/mol. The number of ketones is 1. The number of hydrogen-bond donors (Lipinski definition) is 10. The summed E-state index contributed by atoms with van der Waals surface area (Å²) in [6.45, 7) is 0.0809. The molecule has 0 aromatic heterocycles. The van der Waals surface area contributed by atoms with Gasteiger partial charge in [0.2, 0.25) is 27.7 Å². The topological polar surface area (TPSA) is 334 Å². The first-order chi connectivity index (χ1) is 33.4. The molecule has 12 N–H and O–H groups in total. The molecule has 5 atom stereocenters. The second-order valence-electron chi connectivity index (χ2n) is 16.7. The van der Waals surface area contributed by atoms with Gasteiger partial charge in [0.05, 0.1) is 10.5 Å². The number of ether oxygens (including phenoxy) is 1. The molecule has 23 heteroatoms. The fourth-order valence-electron chi connectivity index (χ4n) is 8.39. The Morgan fingerprint density at radius 3 is 2.40 bits per heavy atom. The van der Waals surface area contributed by atoms with E-state index in [1.165, 1.54) is 42.5 Å². The molecule has 2 aliphatic heterocycles. The number of carboxylic acid groups (broad SMARTS) is 2. The molecule has 0 bridgehead atoms. The second-order valence-corrected chi connectivity index (χ2v) is 19.0. The van der Waals surface area contributed by atoms with Crippen LogP contribution in [0.3, 0.4) is 0 Å². The number of aromatic carboxylic acids is 1. The molecule has 1 aliphatic carbocycles. The number of thiocarbonyl (C=S) groups is 1. The number of nitrogens with zero attached hydrogens (tertiary/aromatic N) is 2. The number of benzene rings is 3. The second kappa shape index (κ2) is 23.8. The summed E-state index contributed by atoms with van der Waals surface area (Å²) in [5.74, 6) is -5.56. The molecule has 372 valence electrons. The van der Waals surface area contributed by atoms with Crippen LogP contribution in [0.25, 0.3) is 0 Å². The van der Waals surface area contributed by atoms with Gasteiger partial charge in [0.1, 0.15) is 35.4 Å². The smallest absolute Gasteiger partial charge is 0.336 e. The Bertz CT molecular complexity index is 2690. The van der Waals surface area contributed by atoms with Crippen molar-refractivity contribution in [3.63, 3.8) is 0 Å². The molecule has 0 spiro atoms. The maximum Gasteiger partial charge on any atom is 0.336 e. The monoisotopic (exact) mass is 1000 g/mol. The number of carbonyl (C=O) groups is 6. The maximum atomic E-state index is 13.6. The van der Waals surface area contributed by atoms with Crippen molar-refractivity contribution in [2.75, 3.05) is 31.5 Å². The highest BCUT2D eigenvalue weighted by Crippen LogP contribution is 2.49. The first-order valence-corrected chi connectivity index (χ1v) is 24.4. The first-order valence-electron chi connectivity index (χ1n) is 22.5. The minimum atomic E-state index is -4.06. The van der Waals surface area contributed by atoms with Crippen LogP contribution in [0.2, 0.25) is 0 Å². The number of nitrogens with one attached hydrogen (secondary N) is 5. The lowest BCUT2D eigenvalue weighted by Crippen LogP contribution is -2.55. The van der Waals surface area contributed by atoms with Crippen molar-refractivity contribution in [1.82, 2.24) is 25.6 Å². The fraction of sp³-hybridized carbons (Fsp3) is 0.362. The SMILES string of the molecule is NC(N)=NCCCCC(=O)N[C@@H](CCCCNC(=S)Nc1ccc(C2c3ccc(O)cc3OC3=CC(=O)C=CC32)c(C(=O)O)c1)C(=O)NC[C@H](NC(=O)[C@@H]1CCCN1S(=O)(=O)c1ccccc1)C(=O)O. The van der Waals surface area contributed by atoms with Gasteiger partial charge in [0, 0.05) is 67.8 Å². The van der Waals surface area contributed by atoms with Crippen molar-refractivity contribution in [2.24, 2.45) is 22.4 Å². The number of phenolic OH excluding ortho intramolecular Hbond substituents is 1. The summed E-state index contributed by atoms with van der Waals surface area (Å²) in [4.78, 5) is 81.1. The van der Waals surface area contributed by atoms with E-state index in [0.29, 0.717) is 73.5 Å². The van der Waals surface area contributed by atoms with E-state index in [1.54, 1.807) is 42.5 Å². The number of phenols is 1. The number of carbonyl (C=O) groups excluding carboxylic acids is 4. The van der Waals surface area contributed by atoms with Gasteiger partial charge >= 0.3 is 11.9 Å². The molecule has 21 nitrogen and oxygen atoms in total. The summed E-state index contributed by atoms with van der Waals surface area (Å²) in [5.41, 5.74) is 12.1. The van der Waals surface area contributed by atoms with E-state index in [-0.39, 0.29) is 58.9 Å². The number of unbranched alkanes of at least 4 members (excludes halogenated alkanes) is 2. The van der Waals surface area contributed by atoms with Crippen molar-refractivity contribution < 1.29 is 57.2 Å². The van der Waals surface area contributed by atoms with Crippen molar-refractivity contribution in [3.8, 4) is 11.5 Å². The zero-order valence-electron chi connectivity index (χ0n) is 37.8. The predicted octanol–water partition coefficient (Wildman–Crippen LogP) is 2.18. The number of anilines is 1. The minimum Gasteiger partial charge on any atom is -0.508 e. The summed E-state index contributed by atoms with van der Waals surface area (Å²) in [6, 6.07) is 13.0. The zero-order valence-corrected chi connectivity index (χ0v) is 39.5. The Morgan fingerprint density at radius 2 is 1.67 bits per heavy atom. The lowest BCUT2D eigenvalue weighted by molar-refractivity contribution is -0.142. The quantitative estimate of drug-likeness (QED) is 0.0298. The Hall–Kier alpha value is -7.37. The molecule has 1 fully saturated rings. The third kappa shape index (κ3) is 13.4. The van der Waals surface area contributed by atoms with Crippen LogP contribution in [0, 0.1) is 5.92 Å². The lowest BCUT2D eigenvalue weighted by Gasteiger charge is -2.35. The van der Waals surface area contributed by atoms with Gasteiger partial charge in [-0.2, -0.15) is 4.31 Å². The van der Waals surface area contributed by atoms with Gasteiger partial charge in [-0.25, -0.2) is 18.0 Å². The average molecular weight is 1000 g/mol. The molecule has 0 saturated carbocycles. The van der Waals surface area contributed by atoms with Crippen LogP contribution in [0.1, 0.15) is 78.8 Å². The number of hydrogen-bond acceptors (Lipinski definition) is 12. The normalized spacial score (nSPS) is 18.1. The van der Waals surface area contributed by atoms with Gasteiger partial charge in [-0.3, -0.25) is 24.2 Å². The van der Waals surface area contributed by atoms with Crippen LogP contribution in [-0.2, 0) is 34.0 Å². The van der Waals surface area contributed by atoms with Crippen LogP contribution in [0.5, 0.6) is 11.5 Å². The molecule has 1 saturated heterocycles. The third-order valence-electron chi connectivity index (χ3n) is 11.8. The number of aliphatic imine (C=N–C) groups is 1. The van der Waals surface area contributed by atoms with Crippen molar-refractivity contribution in [2.45, 2.75) is 80.3 Å². The Balaban J connectivity index is 1.05. The fourth-order valence-corrected chi connectivity index (χ4v) is 10.3. The highest BCUT2D eigenvalue weighted by atomic mass is 32.2. The minimum absolute atomic E-state index is 0.00968. The van der Waals surface area contributed by atoms with Crippen LogP contribution in [0.15, 0.2) is 101 Å². The number of nitrogens with two attached hydrogens (primary N) is 2. The van der Waals surface area contributed by atoms with E-state index in [9.17, 15) is 52.5 Å². The number of rotatable bonds is 22. The Kier molecular flexibility index (Phi) is 17.7. The van der Waals surface area contributed by atoms with Gasteiger partial charge in [-0.15, -0.1) is 0 Å². The summed E-state index contributed by atoms with van der Waals surface area (Å²) in [6.07, 6.45) is 6.80. The number of sulfonamides is 1. The van der Waals surface area contributed by atoms with Crippen molar-refractivity contribution >= 4 is 74.4 Å².